The Morgan fingerprint density at radius 1 is 1.06 bits per heavy atom. The Balaban J connectivity index is 1.58. The van der Waals surface area contributed by atoms with Crippen LogP contribution in [-0.2, 0) is 11.2 Å². The molecule has 4 aromatic rings. The van der Waals surface area contributed by atoms with Gasteiger partial charge in [-0.3, -0.25) is 9.20 Å². The molecule has 0 unspecified atom stereocenters. The number of fused-ring (bicyclic) bond motifs is 1. The summed E-state index contributed by atoms with van der Waals surface area (Å²) in [5.41, 5.74) is 8.81. The van der Waals surface area contributed by atoms with Crippen molar-refractivity contribution in [1.82, 2.24) is 19.4 Å². The molecule has 164 valence electrons. The van der Waals surface area contributed by atoms with Gasteiger partial charge in [0.15, 0.2) is 17.5 Å². The first-order valence-electron chi connectivity index (χ1n) is 9.63. The van der Waals surface area contributed by atoms with E-state index in [1.807, 2.05) is 6.07 Å². The quantitative estimate of drug-likeness (QED) is 0.439. The fraction of sp³-hybridized carbons (Fsp3) is 0.182. The molecule has 32 heavy (non-hydrogen) atoms. The van der Waals surface area contributed by atoms with Crippen LogP contribution in [0, 0.1) is 5.82 Å². The van der Waals surface area contributed by atoms with E-state index in [1.165, 1.54) is 0 Å². The molecule has 10 heteroatoms. The zero-order chi connectivity index (χ0) is 22.9. The number of carbonyl (C=O) groups is 1. The van der Waals surface area contributed by atoms with E-state index in [0.717, 1.165) is 17.5 Å². The highest BCUT2D eigenvalue weighted by Crippen LogP contribution is 2.26. The van der Waals surface area contributed by atoms with E-state index >= 15 is 0 Å². The number of hydrogen-bond donors (Lipinski definition) is 1. The molecule has 3 aromatic heterocycles. The maximum absolute atomic E-state index is 13.3. The fourth-order valence-corrected chi connectivity index (χ4v) is 3.29. The summed E-state index contributed by atoms with van der Waals surface area (Å²) >= 11 is 0. The second-order valence-electron chi connectivity index (χ2n) is 7.24. The van der Waals surface area contributed by atoms with Crippen molar-refractivity contribution in [3.63, 3.8) is 0 Å². The zero-order valence-electron chi connectivity index (χ0n) is 16.6. The maximum Gasteiger partial charge on any atom is 0.389 e. The van der Waals surface area contributed by atoms with Crippen LogP contribution in [0.4, 0.5) is 23.4 Å². The van der Waals surface area contributed by atoms with Crippen molar-refractivity contribution in [1.29, 1.82) is 0 Å². The lowest BCUT2D eigenvalue weighted by molar-refractivity contribution is -0.143. The summed E-state index contributed by atoms with van der Waals surface area (Å²) < 4.78 is 52.1. The van der Waals surface area contributed by atoms with Crippen molar-refractivity contribution >= 4 is 17.2 Å². The number of hydrogen-bond acceptors (Lipinski definition) is 5. The van der Waals surface area contributed by atoms with Crippen LogP contribution in [0.2, 0.25) is 0 Å². The van der Waals surface area contributed by atoms with Crippen LogP contribution in [0.25, 0.3) is 28.3 Å². The van der Waals surface area contributed by atoms with Crippen LogP contribution in [0.1, 0.15) is 18.4 Å². The molecule has 4 rings (SSSR count). The Morgan fingerprint density at radius 2 is 1.88 bits per heavy atom. The van der Waals surface area contributed by atoms with E-state index in [2.05, 4.69) is 15.0 Å². The van der Waals surface area contributed by atoms with Gasteiger partial charge in [-0.1, -0.05) is 18.2 Å². The van der Waals surface area contributed by atoms with Gasteiger partial charge in [0, 0.05) is 30.2 Å². The number of aromatic nitrogens is 4. The van der Waals surface area contributed by atoms with E-state index in [0.29, 0.717) is 16.8 Å². The molecule has 1 aromatic carbocycles. The third-order valence-corrected chi connectivity index (χ3v) is 4.85. The van der Waals surface area contributed by atoms with Gasteiger partial charge >= 0.3 is 6.18 Å². The lowest BCUT2D eigenvalue weighted by Gasteiger charge is -2.08. The van der Waals surface area contributed by atoms with Crippen LogP contribution < -0.4 is 5.73 Å². The standard InChI is InChI=1S/C22H17F4N5O/c23-17-11-29-21(30-20(17)27)15-5-7-31-18(12-28-19(31)10-15)14-3-1-2-13(8-14)9-16(32)4-6-22(24,25)26/h1-3,5,7-8,10-12H,4,6,9H2,(H2,27,29,30). The molecule has 0 bridgehead atoms. The number of nitrogens with two attached hydrogens (primary N) is 1. The van der Waals surface area contributed by atoms with Crippen molar-refractivity contribution in [3.05, 3.63) is 66.4 Å². The first kappa shape index (κ1) is 21.4. The molecule has 0 fully saturated rings. The van der Waals surface area contributed by atoms with Crippen molar-refractivity contribution in [2.45, 2.75) is 25.4 Å². The van der Waals surface area contributed by atoms with Crippen molar-refractivity contribution in [2.24, 2.45) is 0 Å². The van der Waals surface area contributed by atoms with Crippen LogP contribution in [0.5, 0.6) is 0 Å². The molecule has 0 amide bonds. The molecule has 0 saturated heterocycles. The number of rotatable bonds is 6. The molecule has 0 aliphatic rings. The van der Waals surface area contributed by atoms with E-state index in [1.54, 1.807) is 47.1 Å². The third-order valence-electron chi connectivity index (χ3n) is 4.85. The summed E-state index contributed by atoms with van der Waals surface area (Å²) in [5.74, 6) is -1.16. The van der Waals surface area contributed by atoms with Gasteiger partial charge in [-0.25, -0.2) is 19.3 Å². The largest absolute Gasteiger partial charge is 0.389 e. The molecule has 0 radical (unpaired) electrons. The number of pyridine rings is 1. The van der Waals surface area contributed by atoms with Crippen LogP contribution >= 0.6 is 0 Å². The SMILES string of the molecule is Nc1nc(-c2ccn3c(-c4cccc(CC(=O)CCC(F)(F)F)c4)cnc3c2)ncc1F. The highest BCUT2D eigenvalue weighted by atomic mass is 19.4. The molecular weight excluding hydrogens is 426 g/mol. The number of alkyl halides is 3. The Morgan fingerprint density at radius 3 is 2.62 bits per heavy atom. The number of imidazole rings is 1. The molecule has 0 spiro atoms. The Hall–Kier alpha value is -3.82. The molecule has 0 aliphatic carbocycles. The summed E-state index contributed by atoms with van der Waals surface area (Å²) in [7, 11) is 0. The normalized spacial score (nSPS) is 11.8. The van der Waals surface area contributed by atoms with Crippen LogP contribution in [0.15, 0.2) is 55.0 Å². The second kappa shape index (κ2) is 8.37. The fourth-order valence-electron chi connectivity index (χ4n) is 3.29. The van der Waals surface area contributed by atoms with Gasteiger partial charge in [-0.15, -0.1) is 0 Å². The number of carbonyl (C=O) groups excluding carboxylic acids is 1. The first-order valence-corrected chi connectivity index (χ1v) is 9.63. The highest BCUT2D eigenvalue weighted by molar-refractivity contribution is 5.81. The van der Waals surface area contributed by atoms with Crippen molar-refractivity contribution < 1.29 is 22.4 Å². The minimum atomic E-state index is -4.35. The molecule has 0 atom stereocenters. The van der Waals surface area contributed by atoms with Gasteiger partial charge in [0.05, 0.1) is 24.5 Å². The van der Waals surface area contributed by atoms with E-state index in [9.17, 15) is 22.4 Å². The summed E-state index contributed by atoms with van der Waals surface area (Å²) in [6.07, 6.45) is -1.70. The lowest BCUT2D eigenvalue weighted by Crippen LogP contribution is -2.12. The predicted octanol–water partition coefficient (Wildman–Crippen LogP) is 4.63. The Bertz CT molecular complexity index is 1300. The molecular formula is C22H17F4N5O. The van der Waals surface area contributed by atoms with E-state index in [4.69, 9.17) is 5.73 Å². The van der Waals surface area contributed by atoms with Gasteiger partial charge in [0.25, 0.3) is 0 Å². The van der Waals surface area contributed by atoms with E-state index < -0.39 is 30.6 Å². The van der Waals surface area contributed by atoms with Crippen molar-refractivity contribution in [2.75, 3.05) is 5.73 Å². The molecule has 6 nitrogen and oxygen atoms in total. The second-order valence-corrected chi connectivity index (χ2v) is 7.24. The van der Waals surface area contributed by atoms with Crippen molar-refractivity contribution in [3.8, 4) is 22.6 Å². The monoisotopic (exact) mass is 443 g/mol. The predicted molar refractivity (Wildman–Crippen MR) is 110 cm³/mol. The summed E-state index contributed by atoms with van der Waals surface area (Å²) in [4.78, 5) is 24.2. The smallest absolute Gasteiger partial charge is 0.381 e. The number of anilines is 1. The Labute approximate surface area is 179 Å². The van der Waals surface area contributed by atoms with Gasteiger partial charge in [-0.2, -0.15) is 13.2 Å². The zero-order valence-corrected chi connectivity index (χ0v) is 16.6. The minimum absolute atomic E-state index is 0.0753. The minimum Gasteiger partial charge on any atom is -0.381 e. The first-order chi connectivity index (χ1) is 15.2. The number of halogens is 4. The third kappa shape index (κ3) is 4.74. The highest BCUT2D eigenvalue weighted by Gasteiger charge is 2.27. The van der Waals surface area contributed by atoms with Gasteiger partial charge in [-0.05, 0) is 23.8 Å². The summed E-state index contributed by atoms with van der Waals surface area (Å²) in [5, 5.41) is 0. The van der Waals surface area contributed by atoms with Gasteiger partial charge < -0.3 is 5.73 Å². The Kier molecular flexibility index (Phi) is 5.60. The van der Waals surface area contributed by atoms with Crippen LogP contribution in [0.3, 0.4) is 0 Å². The summed E-state index contributed by atoms with van der Waals surface area (Å²) in [6.45, 7) is 0. The topological polar surface area (TPSA) is 86.2 Å². The number of benzene rings is 1. The average molecular weight is 443 g/mol. The molecule has 2 N–H and O–H groups in total. The number of Topliss-reactive ketones (excluding diaryl/α,β-unsaturated/α-hetero) is 1. The van der Waals surface area contributed by atoms with Crippen LogP contribution in [-0.4, -0.2) is 31.3 Å². The number of nitrogen functional groups attached to an aromatic ring is 1. The molecule has 0 saturated carbocycles. The maximum atomic E-state index is 13.3. The lowest BCUT2D eigenvalue weighted by atomic mass is 10.0. The van der Waals surface area contributed by atoms with Gasteiger partial charge in [0.1, 0.15) is 11.4 Å². The molecule has 0 aliphatic heterocycles. The molecule has 3 heterocycles. The van der Waals surface area contributed by atoms with E-state index in [-0.39, 0.29) is 18.1 Å². The van der Waals surface area contributed by atoms with Gasteiger partial charge in [0.2, 0.25) is 0 Å². The number of nitrogens with zero attached hydrogens (tertiary/aromatic N) is 4. The summed E-state index contributed by atoms with van der Waals surface area (Å²) in [6, 6.07) is 10.5. The average Bonchev–Trinajstić information content (AvgIpc) is 3.17. The number of ketones is 1.